The Morgan fingerprint density at radius 3 is 2.50 bits per heavy atom. The minimum atomic E-state index is -3.03. The van der Waals surface area contributed by atoms with Crippen LogP contribution in [0.5, 0.6) is 0 Å². The van der Waals surface area contributed by atoms with Gasteiger partial charge in [0.2, 0.25) is 0 Å². The van der Waals surface area contributed by atoms with Crippen molar-refractivity contribution in [2.45, 2.75) is 13.8 Å². The first kappa shape index (κ1) is 12.9. The second kappa shape index (κ2) is 5.78. The lowest BCUT2D eigenvalue weighted by Gasteiger charge is -2.13. The van der Waals surface area contributed by atoms with Gasteiger partial charge in [-0.15, -0.1) is 0 Å². The molecule has 1 rings (SSSR count). The van der Waals surface area contributed by atoms with Gasteiger partial charge in [0.1, 0.15) is 0 Å². The Labute approximate surface area is 95.6 Å². The number of ketones is 1. The van der Waals surface area contributed by atoms with Crippen LogP contribution in [0.4, 0.5) is 0 Å². The number of hydrogen-bond donors (Lipinski definition) is 0. The lowest BCUT2D eigenvalue weighted by Crippen LogP contribution is -2.05. The molecule has 1 atom stereocenters. The standard InChI is InChI=1S/C12H15O3P/c1-3-15-16(14,10-9-11(2)13)12-7-5-4-6-8-12/h4-10H,3H2,1-2H3/b10-9+. The molecule has 4 heteroatoms. The second-order valence-corrected chi connectivity index (χ2v) is 5.54. The summed E-state index contributed by atoms with van der Waals surface area (Å²) in [6.45, 7) is 3.53. The van der Waals surface area contributed by atoms with Crippen molar-refractivity contribution in [1.82, 2.24) is 0 Å². The Hall–Kier alpha value is -1.18. The lowest BCUT2D eigenvalue weighted by molar-refractivity contribution is -0.112. The van der Waals surface area contributed by atoms with Gasteiger partial charge in [-0.05, 0) is 32.1 Å². The van der Waals surface area contributed by atoms with Crippen molar-refractivity contribution in [1.29, 1.82) is 0 Å². The predicted octanol–water partition coefficient (Wildman–Crippen LogP) is 2.73. The van der Waals surface area contributed by atoms with Crippen LogP contribution in [0.3, 0.4) is 0 Å². The summed E-state index contributed by atoms with van der Waals surface area (Å²) in [6.07, 6.45) is 1.30. The van der Waals surface area contributed by atoms with E-state index in [1.165, 1.54) is 18.8 Å². The van der Waals surface area contributed by atoms with Crippen LogP contribution in [-0.4, -0.2) is 12.4 Å². The van der Waals surface area contributed by atoms with Crippen molar-refractivity contribution < 1.29 is 13.9 Å². The van der Waals surface area contributed by atoms with Crippen molar-refractivity contribution >= 4 is 18.5 Å². The largest absolute Gasteiger partial charge is 0.323 e. The summed E-state index contributed by atoms with van der Waals surface area (Å²) in [7, 11) is -3.03. The van der Waals surface area contributed by atoms with Crippen LogP contribution in [-0.2, 0) is 13.9 Å². The maximum Gasteiger partial charge on any atom is 0.254 e. The monoisotopic (exact) mass is 238 g/mol. The van der Waals surface area contributed by atoms with Crippen LogP contribution in [0.15, 0.2) is 42.2 Å². The molecule has 1 aromatic carbocycles. The molecule has 0 aromatic heterocycles. The van der Waals surface area contributed by atoms with Gasteiger partial charge in [0.25, 0.3) is 7.37 Å². The molecule has 1 unspecified atom stereocenters. The number of benzene rings is 1. The maximum absolute atomic E-state index is 12.5. The van der Waals surface area contributed by atoms with E-state index in [-0.39, 0.29) is 5.78 Å². The van der Waals surface area contributed by atoms with Gasteiger partial charge in [0, 0.05) is 11.1 Å². The molecule has 3 nitrogen and oxygen atoms in total. The van der Waals surface area contributed by atoms with Gasteiger partial charge in [-0.3, -0.25) is 9.36 Å². The molecule has 0 amide bonds. The van der Waals surface area contributed by atoms with E-state index in [1.807, 2.05) is 6.07 Å². The summed E-state index contributed by atoms with van der Waals surface area (Å²) in [5.41, 5.74) is 0. The molecule has 1 aromatic rings. The highest BCUT2D eigenvalue weighted by Crippen LogP contribution is 2.47. The van der Waals surface area contributed by atoms with Gasteiger partial charge in [0.05, 0.1) is 6.61 Å². The quantitative estimate of drug-likeness (QED) is 0.585. The molecule has 0 saturated heterocycles. The van der Waals surface area contributed by atoms with Crippen LogP contribution in [0, 0.1) is 0 Å². The first-order valence-corrected chi connectivity index (χ1v) is 6.77. The molecule has 0 aliphatic rings. The van der Waals surface area contributed by atoms with Crippen LogP contribution in [0.25, 0.3) is 0 Å². The van der Waals surface area contributed by atoms with Crippen molar-refractivity contribution in [2.24, 2.45) is 0 Å². The number of rotatable bonds is 5. The smallest absolute Gasteiger partial charge is 0.254 e. The third kappa shape index (κ3) is 3.44. The Morgan fingerprint density at radius 2 is 2.00 bits per heavy atom. The van der Waals surface area contributed by atoms with E-state index in [2.05, 4.69) is 0 Å². The zero-order valence-corrected chi connectivity index (χ0v) is 10.3. The van der Waals surface area contributed by atoms with E-state index >= 15 is 0 Å². The molecular weight excluding hydrogens is 223 g/mol. The fourth-order valence-corrected chi connectivity index (χ4v) is 3.02. The average Bonchev–Trinajstić information content (AvgIpc) is 2.28. The average molecular weight is 238 g/mol. The molecule has 86 valence electrons. The Kier molecular flexibility index (Phi) is 4.66. The molecule has 0 spiro atoms. The van der Waals surface area contributed by atoms with Crippen molar-refractivity contribution in [3.05, 3.63) is 42.2 Å². The van der Waals surface area contributed by atoms with Crippen LogP contribution in [0.2, 0.25) is 0 Å². The summed E-state index contributed by atoms with van der Waals surface area (Å²) >= 11 is 0. The number of carbonyl (C=O) groups excluding carboxylic acids is 1. The SMILES string of the molecule is CCOP(=O)(/C=C/C(C)=O)c1ccccc1. The molecule has 0 saturated carbocycles. The topological polar surface area (TPSA) is 43.4 Å². The van der Waals surface area contributed by atoms with E-state index in [0.717, 1.165) is 0 Å². The third-order valence-corrected chi connectivity index (χ3v) is 4.14. The minimum Gasteiger partial charge on any atom is -0.323 e. The Bertz CT molecular complexity index is 423. The number of allylic oxidation sites excluding steroid dienone is 1. The minimum absolute atomic E-state index is 0.143. The van der Waals surface area contributed by atoms with E-state index in [1.54, 1.807) is 31.2 Å². The van der Waals surface area contributed by atoms with Gasteiger partial charge < -0.3 is 4.52 Å². The van der Waals surface area contributed by atoms with Crippen molar-refractivity contribution in [2.75, 3.05) is 6.61 Å². The Morgan fingerprint density at radius 1 is 1.38 bits per heavy atom. The second-order valence-electron chi connectivity index (χ2n) is 3.28. The zero-order chi connectivity index (χ0) is 12.0. The fourth-order valence-electron chi connectivity index (χ4n) is 1.23. The summed E-state index contributed by atoms with van der Waals surface area (Å²) in [4.78, 5) is 10.9. The van der Waals surface area contributed by atoms with E-state index < -0.39 is 7.37 Å². The van der Waals surface area contributed by atoms with Gasteiger partial charge in [-0.2, -0.15) is 0 Å². The maximum atomic E-state index is 12.5. The highest BCUT2D eigenvalue weighted by atomic mass is 31.2. The summed E-state index contributed by atoms with van der Waals surface area (Å²) in [6, 6.07) is 8.90. The van der Waals surface area contributed by atoms with Crippen molar-refractivity contribution in [3.8, 4) is 0 Å². The molecule has 0 fully saturated rings. The van der Waals surface area contributed by atoms with Gasteiger partial charge >= 0.3 is 0 Å². The summed E-state index contributed by atoms with van der Waals surface area (Å²) < 4.78 is 17.7. The summed E-state index contributed by atoms with van der Waals surface area (Å²) in [5, 5.41) is 0.606. The predicted molar refractivity (Wildman–Crippen MR) is 65.1 cm³/mol. The molecule has 0 heterocycles. The molecule has 0 N–H and O–H groups in total. The fraction of sp³-hybridized carbons (Fsp3) is 0.250. The van der Waals surface area contributed by atoms with Crippen LogP contribution < -0.4 is 5.30 Å². The lowest BCUT2D eigenvalue weighted by atomic mass is 10.4. The normalized spacial score (nSPS) is 14.9. The van der Waals surface area contributed by atoms with Crippen LogP contribution >= 0.6 is 7.37 Å². The molecule has 0 aliphatic carbocycles. The first-order valence-electron chi connectivity index (χ1n) is 5.08. The molecule has 0 radical (unpaired) electrons. The first-order chi connectivity index (χ1) is 7.58. The molecular formula is C12H15O3P. The van der Waals surface area contributed by atoms with Crippen molar-refractivity contribution in [3.63, 3.8) is 0 Å². The van der Waals surface area contributed by atoms with Gasteiger partial charge in [-0.25, -0.2) is 0 Å². The molecule has 0 bridgehead atoms. The molecule has 0 aliphatic heterocycles. The van der Waals surface area contributed by atoms with E-state index in [4.69, 9.17) is 4.52 Å². The van der Waals surface area contributed by atoms with E-state index in [0.29, 0.717) is 11.9 Å². The highest BCUT2D eigenvalue weighted by Gasteiger charge is 2.21. The Balaban J connectivity index is 3.07. The van der Waals surface area contributed by atoms with E-state index in [9.17, 15) is 9.36 Å². The van der Waals surface area contributed by atoms with Gasteiger partial charge in [-0.1, -0.05) is 18.2 Å². The van der Waals surface area contributed by atoms with Gasteiger partial charge in [0.15, 0.2) is 5.78 Å². The highest BCUT2D eigenvalue weighted by molar-refractivity contribution is 7.70. The van der Waals surface area contributed by atoms with Crippen LogP contribution in [0.1, 0.15) is 13.8 Å². The number of carbonyl (C=O) groups is 1. The summed E-state index contributed by atoms with van der Waals surface area (Å²) in [5.74, 6) is 1.23. The third-order valence-electron chi connectivity index (χ3n) is 1.94. The zero-order valence-electron chi connectivity index (χ0n) is 9.42. The number of hydrogen-bond acceptors (Lipinski definition) is 3. The molecule has 16 heavy (non-hydrogen) atoms.